The summed E-state index contributed by atoms with van der Waals surface area (Å²) in [4.78, 5) is 5.18. The van der Waals surface area contributed by atoms with E-state index in [1.165, 1.54) is 205 Å². The zero-order valence-electron chi connectivity index (χ0n) is 29.9. The molecular weight excluding hydrogens is 532 g/mol. The Morgan fingerprint density at radius 1 is 0.409 bits per heavy atom. The molecule has 254 valence electrons. The first-order valence-corrected chi connectivity index (χ1v) is 20.1. The SMILES string of the molecule is CCCCCCCCCCCCCCCCCCCC1N(CCCCCCCCCCCCCC)C=CN1c1ccccc1. The predicted molar refractivity (Wildman–Crippen MR) is 198 cm³/mol. The lowest BCUT2D eigenvalue weighted by Gasteiger charge is -2.33. The first-order valence-electron chi connectivity index (χ1n) is 20.1. The van der Waals surface area contributed by atoms with Crippen LogP contribution in [0.25, 0.3) is 0 Å². The van der Waals surface area contributed by atoms with E-state index in [-0.39, 0.29) is 0 Å². The smallest absolute Gasteiger partial charge is 0.105 e. The Morgan fingerprint density at radius 3 is 1.18 bits per heavy atom. The van der Waals surface area contributed by atoms with E-state index in [9.17, 15) is 0 Å². The highest BCUT2D eigenvalue weighted by atomic mass is 15.4. The van der Waals surface area contributed by atoms with E-state index in [1.54, 1.807) is 0 Å². The molecule has 0 N–H and O–H groups in total. The van der Waals surface area contributed by atoms with Crippen molar-refractivity contribution in [1.29, 1.82) is 0 Å². The lowest BCUT2D eigenvalue weighted by molar-refractivity contribution is 0.273. The Kier molecular flexibility index (Phi) is 25.5. The van der Waals surface area contributed by atoms with Gasteiger partial charge in [0.05, 0.1) is 0 Å². The second kappa shape index (κ2) is 29.0. The summed E-state index contributed by atoms with van der Waals surface area (Å²) in [5.74, 6) is 0. The van der Waals surface area contributed by atoms with Crippen LogP contribution >= 0.6 is 0 Å². The van der Waals surface area contributed by atoms with Crippen LogP contribution in [0.2, 0.25) is 0 Å². The lowest BCUT2D eigenvalue weighted by Crippen LogP contribution is -2.39. The van der Waals surface area contributed by atoms with Gasteiger partial charge in [0.1, 0.15) is 6.17 Å². The Labute approximate surface area is 276 Å². The summed E-state index contributed by atoms with van der Waals surface area (Å²) in [6, 6.07) is 11.1. The minimum Gasteiger partial charge on any atom is -0.356 e. The van der Waals surface area contributed by atoms with E-state index in [2.05, 4.69) is 66.4 Å². The number of hydrogen-bond acceptors (Lipinski definition) is 2. The second-order valence-corrected chi connectivity index (χ2v) is 14.1. The summed E-state index contributed by atoms with van der Waals surface area (Å²) >= 11 is 0. The van der Waals surface area contributed by atoms with Gasteiger partial charge in [-0.1, -0.05) is 205 Å². The van der Waals surface area contributed by atoms with Gasteiger partial charge in [0.2, 0.25) is 0 Å². The number of benzene rings is 1. The monoisotopic (exact) mass is 609 g/mol. The highest BCUT2D eigenvalue weighted by Crippen LogP contribution is 2.28. The van der Waals surface area contributed by atoms with Gasteiger partial charge < -0.3 is 9.80 Å². The summed E-state index contributed by atoms with van der Waals surface area (Å²) in [5, 5.41) is 0. The van der Waals surface area contributed by atoms with Crippen molar-refractivity contribution in [3.05, 3.63) is 42.7 Å². The molecule has 1 aliphatic rings. The van der Waals surface area contributed by atoms with Gasteiger partial charge in [-0.2, -0.15) is 0 Å². The minimum absolute atomic E-state index is 0.501. The highest BCUT2D eigenvalue weighted by Gasteiger charge is 2.26. The molecule has 1 aliphatic heterocycles. The number of nitrogens with zero attached hydrogens (tertiary/aromatic N) is 2. The van der Waals surface area contributed by atoms with Crippen molar-refractivity contribution in [2.24, 2.45) is 0 Å². The molecule has 1 unspecified atom stereocenters. The van der Waals surface area contributed by atoms with Crippen molar-refractivity contribution < 1.29 is 0 Å². The number of para-hydroxylation sites is 1. The molecule has 1 aromatic carbocycles. The summed E-state index contributed by atoms with van der Waals surface area (Å²) < 4.78 is 0. The fourth-order valence-electron chi connectivity index (χ4n) is 7.09. The molecule has 2 heteroatoms. The summed E-state index contributed by atoms with van der Waals surface area (Å²) in [6.45, 7) is 5.82. The van der Waals surface area contributed by atoms with Crippen molar-refractivity contribution in [3.8, 4) is 0 Å². The fourth-order valence-corrected chi connectivity index (χ4v) is 7.09. The average molecular weight is 609 g/mol. The summed E-state index contributed by atoms with van der Waals surface area (Å²) in [7, 11) is 0. The topological polar surface area (TPSA) is 6.48 Å². The van der Waals surface area contributed by atoms with E-state index in [1.807, 2.05) is 0 Å². The van der Waals surface area contributed by atoms with Crippen LogP contribution in [0.1, 0.15) is 206 Å². The third-order valence-electron chi connectivity index (χ3n) is 10.0. The average Bonchev–Trinajstić information content (AvgIpc) is 3.45. The minimum atomic E-state index is 0.501. The van der Waals surface area contributed by atoms with E-state index >= 15 is 0 Å². The maximum atomic E-state index is 2.65. The third-order valence-corrected chi connectivity index (χ3v) is 10.0. The summed E-state index contributed by atoms with van der Waals surface area (Å²) in [6.07, 6.45) is 48.1. The quantitative estimate of drug-likeness (QED) is 0.0751. The van der Waals surface area contributed by atoms with Crippen molar-refractivity contribution in [3.63, 3.8) is 0 Å². The maximum Gasteiger partial charge on any atom is 0.105 e. The number of anilines is 1. The molecule has 44 heavy (non-hydrogen) atoms. The maximum absolute atomic E-state index is 2.65. The van der Waals surface area contributed by atoms with Gasteiger partial charge in [-0.15, -0.1) is 0 Å². The first kappa shape index (κ1) is 38.7. The summed E-state index contributed by atoms with van der Waals surface area (Å²) in [5.41, 5.74) is 1.35. The largest absolute Gasteiger partial charge is 0.356 e. The second-order valence-electron chi connectivity index (χ2n) is 14.1. The molecule has 0 aromatic heterocycles. The molecule has 0 saturated heterocycles. The van der Waals surface area contributed by atoms with E-state index in [4.69, 9.17) is 0 Å². The zero-order chi connectivity index (χ0) is 31.2. The van der Waals surface area contributed by atoms with Crippen molar-refractivity contribution in [2.45, 2.75) is 213 Å². The molecular formula is C42H76N2. The van der Waals surface area contributed by atoms with Gasteiger partial charge in [0.25, 0.3) is 0 Å². The van der Waals surface area contributed by atoms with E-state index < -0.39 is 0 Å². The van der Waals surface area contributed by atoms with Gasteiger partial charge in [-0.05, 0) is 31.4 Å². The van der Waals surface area contributed by atoms with Gasteiger partial charge >= 0.3 is 0 Å². The third kappa shape index (κ3) is 19.8. The van der Waals surface area contributed by atoms with E-state index in [0.717, 1.165) is 0 Å². The number of hydrogen-bond donors (Lipinski definition) is 0. The van der Waals surface area contributed by atoms with Crippen LogP contribution in [0.5, 0.6) is 0 Å². The molecule has 0 bridgehead atoms. The van der Waals surface area contributed by atoms with Gasteiger partial charge in [-0.25, -0.2) is 0 Å². The molecule has 0 fully saturated rings. The molecule has 0 saturated carbocycles. The molecule has 0 amide bonds. The molecule has 0 spiro atoms. The Morgan fingerprint density at radius 2 is 0.773 bits per heavy atom. The molecule has 0 radical (unpaired) electrons. The van der Waals surface area contributed by atoms with E-state index in [0.29, 0.717) is 6.17 Å². The molecule has 1 atom stereocenters. The van der Waals surface area contributed by atoms with Gasteiger partial charge in [-0.3, -0.25) is 0 Å². The van der Waals surface area contributed by atoms with Crippen molar-refractivity contribution in [2.75, 3.05) is 11.4 Å². The normalized spacial score (nSPS) is 14.7. The first-order chi connectivity index (χ1) is 21.9. The zero-order valence-corrected chi connectivity index (χ0v) is 29.9. The fraction of sp³-hybridized carbons (Fsp3) is 0.810. The number of rotatable bonds is 32. The van der Waals surface area contributed by atoms with Crippen LogP contribution in [0.4, 0.5) is 5.69 Å². The van der Waals surface area contributed by atoms with Crippen LogP contribution in [-0.4, -0.2) is 17.6 Å². The van der Waals surface area contributed by atoms with Crippen LogP contribution < -0.4 is 4.90 Å². The molecule has 0 aliphatic carbocycles. The van der Waals surface area contributed by atoms with Crippen molar-refractivity contribution in [1.82, 2.24) is 4.90 Å². The lowest BCUT2D eigenvalue weighted by atomic mass is 10.0. The van der Waals surface area contributed by atoms with Crippen molar-refractivity contribution >= 4 is 5.69 Å². The Balaban J connectivity index is 1.50. The number of unbranched alkanes of at least 4 members (excludes halogenated alkanes) is 27. The van der Waals surface area contributed by atoms with Gasteiger partial charge in [0.15, 0.2) is 0 Å². The molecule has 2 nitrogen and oxygen atoms in total. The van der Waals surface area contributed by atoms with Crippen LogP contribution in [0.15, 0.2) is 42.7 Å². The standard InChI is InChI=1S/C42H76N2/c1-3-5-7-9-11-13-15-17-18-19-20-21-22-24-26-28-33-37-42-43(39-40-44(42)41-35-31-30-32-36-41)38-34-29-27-25-23-16-14-12-10-8-6-4-2/h30-32,35-36,39-40,42H,3-29,33-34,37-38H2,1-2H3. The van der Waals surface area contributed by atoms with Crippen LogP contribution in [-0.2, 0) is 0 Å². The van der Waals surface area contributed by atoms with Gasteiger partial charge in [0, 0.05) is 24.6 Å². The Hall–Kier alpha value is -1.44. The molecule has 2 rings (SSSR count). The molecule has 1 heterocycles. The van der Waals surface area contributed by atoms with Crippen LogP contribution in [0, 0.1) is 0 Å². The van der Waals surface area contributed by atoms with Crippen LogP contribution in [0.3, 0.4) is 0 Å². The Bertz CT molecular complexity index is 743. The predicted octanol–water partition coefficient (Wildman–Crippen LogP) is 14.3. The highest BCUT2D eigenvalue weighted by molar-refractivity contribution is 5.51. The molecule has 1 aromatic rings.